The van der Waals surface area contributed by atoms with E-state index in [1.807, 2.05) is 0 Å². The van der Waals surface area contributed by atoms with Gasteiger partial charge in [-0.3, -0.25) is 9.59 Å². The number of amides is 2. The molecule has 0 saturated carbocycles. The van der Waals surface area contributed by atoms with Crippen molar-refractivity contribution < 1.29 is 22.4 Å². The van der Waals surface area contributed by atoms with Crippen molar-refractivity contribution in [3.63, 3.8) is 0 Å². The number of carbonyl (C=O) groups excluding carboxylic acids is 2. The zero-order valence-corrected chi connectivity index (χ0v) is 15.9. The molecule has 2 aromatic carbocycles. The van der Waals surface area contributed by atoms with Crippen LogP contribution in [0.5, 0.6) is 0 Å². The molecule has 0 aromatic heterocycles. The number of carbonyl (C=O) groups is 2. The highest BCUT2D eigenvalue weighted by molar-refractivity contribution is 7.89. The van der Waals surface area contributed by atoms with Crippen LogP contribution in [0.1, 0.15) is 31.8 Å². The summed E-state index contributed by atoms with van der Waals surface area (Å²) in [5.41, 5.74) is 1.66. The number of sulfone groups is 1. The summed E-state index contributed by atoms with van der Waals surface area (Å²) in [5, 5.41) is 5.25. The molecule has 0 unspecified atom stereocenters. The minimum Gasteiger partial charge on any atom is -0.350 e. The molecule has 144 valence electrons. The quantitative estimate of drug-likeness (QED) is 0.704. The fourth-order valence-corrected chi connectivity index (χ4v) is 3.14. The Morgan fingerprint density at radius 1 is 0.926 bits per heavy atom. The fourth-order valence-electron chi connectivity index (χ4n) is 2.35. The van der Waals surface area contributed by atoms with Gasteiger partial charge in [0.2, 0.25) is 0 Å². The second-order valence-corrected chi connectivity index (χ2v) is 8.38. The zero-order valence-electron chi connectivity index (χ0n) is 15.1. The van der Waals surface area contributed by atoms with Crippen LogP contribution >= 0.6 is 0 Å². The van der Waals surface area contributed by atoms with Gasteiger partial charge in [0, 0.05) is 30.5 Å². The molecule has 0 atom stereocenters. The van der Waals surface area contributed by atoms with Crippen molar-refractivity contribution in [1.82, 2.24) is 10.6 Å². The van der Waals surface area contributed by atoms with Crippen LogP contribution in [0.25, 0.3) is 0 Å². The Balaban J connectivity index is 1.80. The lowest BCUT2D eigenvalue weighted by Crippen LogP contribution is -2.34. The molecule has 0 aliphatic rings. The molecule has 2 N–H and O–H groups in total. The van der Waals surface area contributed by atoms with Gasteiger partial charge in [-0.25, -0.2) is 12.8 Å². The average molecular weight is 392 g/mol. The van der Waals surface area contributed by atoms with Crippen LogP contribution in [0.2, 0.25) is 0 Å². The number of halogens is 1. The van der Waals surface area contributed by atoms with Crippen LogP contribution in [0.3, 0.4) is 0 Å². The van der Waals surface area contributed by atoms with E-state index >= 15 is 0 Å². The molecule has 2 amide bonds. The van der Waals surface area contributed by atoms with E-state index in [2.05, 4.69) is 10.6 Å². The van der Waals surface area contributed by atoms with E-state index in [0.717, 1.165) is 6.26 Å². The monoisotopic (exact) mass is 392 g/mol. The second kappa shape index (κ2) is 8.77. The Morgan fingerprint density at radius 2 is 1.44 bits per heavy atom. The van der Waals surface area contributed by atoms with E-state index in [-0.39, 0.29) is 30.3 Å². The van der Waals surface area contributed by atoms with E-state index < -0.39 is 21.6 Å². The maximum atomic E-state index is 13.5. The lowest BCUT2D eigenvalue weighted by molar-refractivity contribution is 0.0927. The van der Waals surface area contributed by atoms with E-state index in [1.54, 1.807) is 31.2 Å². The van der Waals surface area contributed by atoms with Gasteiger partial charge in [-0.1, -0.05) is 18.2 Å². The van der Waals surface area contributed by atoms with Crippen molar-refractivity contribution >= 4 is 21.7 Å². The highest BCUT2D eigenvalue weighted by Crippen LogP contribution is 2.09. The molecule has 0 fully saturated rings. The Bertz CT molecular complexity index is 941. The predicted molar refractivity (Wildman–Crippen MR) is 101 cm³/mol. The van der Waals surface area contributed by atoms with Gasteiger partial charge in [0.05, 0.1) is 5.75 Å². The Morgan fingerprint density at radius 3 is 1.96 bits per heavy atom. The van der Waals surface area contributed by atoms with Gasteiger partial charge in [0.1, 0.15) is 5.82 Å². The molecule has 8 heteroatoms. The van der Waals surface area contributed by atoms with Gasteiger partial charge < -0.3 is 10.6 Å². The molecule has 0 radical (unpaired) electrons. The van der Waals surface area contributed by atoms with Crippen molar-refractivity contribution in [2.45, 2.75) is 12.7 Å². The van der Waals surface area contributed by atoms with E-state index in [1.165, 1.54) is 18.2 Å². The molecule has 0 bridgehead atoms. The Kier molecular flexibility index (Phi) is 6.68. The molecule has 0 aliphatic carbocycles. The molecule has 0 spiro atoms. The van der Waals surface area contributed by atoms with E-state index in [4.69, 9.17) is 0 Å². The maximum Gasteiger partial charge on any atom is 0.251 e. The topological polar surface area (TPSA) is 92.3 Å². The molecule has 2 aromatic rings. The summed E-state index contributed by atoms with van der Waals surface area (Å²) in [6.07, 6.45) is 1.15. The van der Waals surface area contributed by atoms with E-state index in [0.29, 0.717) is 16.7 Å². The summed E-state index contributed by atoms with van der Waals surface area (Å²) in [7, 11) is -3.13. The lowest BCUT2D eigenvalue weighted by Gasteiger charge is -2.08. The van der Waals surface area contributed by atoms with Gasteiger partial charge in [-0.2, -0.15) is 0 Å². The van der Waals surface area contributed by atoms with Crippen molar-refractivity contribution in [1.29, 1.82) is 0 Å². The van der Waals surface area contributed by atoms with Crippen molar-refractivity contribution in [2.24, 2.45) is 0 Å². The summed E-state index contributed by atoms with van der Waals surface area (Å²) < 4.78 is 36.0. The van der Waals surface area contributed by atoms with Crippen molar-refractivity contribution in [2.75, 3.05) is 19.3 Å². The molecule has 0 saturated heterocycles. The first kappa shape index (κ1) is 20.6. The van der Waals surface area contributed by atoms with E-state index in [9.17, 15) is 22.4 Å². The summed E-state index contributed by atoms with van der Waals surface area (Å²) in [4.78, 5) is 24.0. The van der Waals surface area contributed by atoms with Gasteiger partial charge >= 0.3 is 0 Å². The van der Waals surface area contributed by atoms with Gasteiger partial charge in [-0.05, 0) is 42.3 Å². The summed E-state index contributed by atoms with van der Waals surface area (Å²) >= 11 is 0. The fraction of sp³-hybridized carbons (Fsp3) is 0.263. The number of benzene rings is 2. The highest BCUT2D eigenvalue weighted by atomic mass is 32.2. The standard InChI is InChI=1S/C19H21FN2O4S/c1-13-3-6-16(11-17(13)20)19(24)22-10-9-21-18(23)15-7-4-14(5-8-15)12-27(2,25)26/h3-8,11H,9-10,12H2,1-2H3,(H,21,23)(H,22,24). The first-order valence-electron chi connectivity index (χ1n) is 8.25. The molecule has 0 heterocycles. The first-order chi connectivity index (χ1) is 12.7. The van der Waals surface area contributed by atoms with Crippen LogP contribution in [-0.4, -0.2) is 39.6 Å². The normalized spacial score (nSPS) is 11.1. The van der Waals surface area contributed by atoms with Crippen LogP contribution in [0.15, 0.2) is 42.5 Å². The van der Waals surface area contributed by atoms with Gasteiger partial charge in [0.15, 0.2) is 9.84 Å². The molecule has 27 heavy (non-hydrogen) atoms. The number of hydrogen-bond acceptors (Lipinski definition) is 4. The molecule has 0 aliphatic heterocycles. The van der Waals surface area contributed by atoms with Crippen LogP contribution in [0.4, 0.5) is 4.39 Å². The molecular formula is C19H21FN2O4S. The number of nitrogens with one attached hydrogen (secondary N) is 2. The summed E-state index contributed by atoms with van der Waals surface area (Å²) in [6.45, 7) is 2.00. The number of rotatable bonds is 7. The largest absolute Gasteiger partial charge is 0.350 e. The third-order valence-corrected chi connectivity index (χ3v) is 4.63. The Labute approximate surface area is 157 Å². The third-order valence-electron chi connectivity index (χ3n) is 3.78. The molecule has 2 rings (SSSR count). The molecule has 6 nitrogen and oxygen atoms in total. The Hall–Kier alpha value is -2.74. The minimum atomic E-state index is -3.13. The average Bonchev–Trinajstić information content (AvgIpc) is 2.60. The van der Waals surface area contributed by atoms with Gasteiger partial charge in [-0.15, -0.1) is 0 Å². The van der Waals surface area contributed by atoms with Crippen LogP contribution in [0, 0.1) is 12.7 Å². The van der Waals surface area contributed by atoms with Crippen LogP contribution in [-0.2, 0) is 15.6 Å². The lowest BCUT2D eigenvalue weighted by atomic mass is 10.1. The minimum absolute atomic E-state index is 0.0828. The summed E-state index contributed by atoms with van der Waals surface area (Å²) in [5.74, 6) is -1.29. The SMILES string of the molecule is Cc1ccc(C(=O)NCCNC(=O)c2ccc(CS(C)(=O)=O)cc2)cc1F. The second-order valence-electron chi connectivity index (χ2n) is 6.24. The number of aryl methyl sites for hydroxylation is 1. The van der Waals surface area contributed by atoms with Gasteiger partial charge in [0.25, 0.3) is 11.8 Å². The zero-order chi connectivity index (χ0) is 20.0. The van der Waals surface area contributed by atoms with Crippen molar-refractivity contribution in [3.05, 3.63) is 70.5 Å². The maximum absolute atomic E-state index is 13.5. The molecular weight excluding hydrogens is 371 g/mol. The smallest absolute Gasteiger partial charge is 0.251 e. The summed E-state index contributed by atoms with van der Waals surface area (Å²) in [6, 6.07) is 10.5. The van der Waals surface area contributed by atoms with Crippen molar-refractivity contribution in [3.8, 4) is 0 Å². The first-order valence-corrected chi connectivity index (χ1v) is 10.3. The third kappa shape index (κ3) is 6.49. The number of hydrogen-bond donors (Lipinski definition) is 2. The highest BCUT2D eigenvalue weighted by Gasteiger charge is 2.09. The predicted octanol–water partition coefficient (Wildman–Crippen LogP) is 1.84. The van der Waals surface area contributed by atoms with Crippen LogP contribution < -0.4 is 10.6 Å².